The highest BCUT2D eigenvalue weighted by Crippen LogP contribution is 2.61. The van der Waals surface area contributed by atoms with Gasteiger partial charge < -0.3 is 0 Å². The van der Waals surface area contributed by atoms with Crippen molar-refractivity contribution in [3.63, 3.8) is 0 Å². The van der Waals surface area contributed by atoms with Gasteiger partial charge >= 0.3 is 0 Å². The van der Waals surface area contributed by atoms with E-state index in [1.54, 1.807) is 50.3 Å². The molecule has 0 aliphatic rings. The molecule has 0 unspecified atom stereocenters. The summed E-state index contributed by atoms with van der Waals surface area (Å²) in [6.07, 6.45) is 54.3. The van der Waals surface area contributed by atoms with Crippen molar-refractivity contribution in [1.82, 2.24) is 0 Å². The molecule has 0 fully saturated rings. The Morgan fingerprint density at radius 3 is 0.510 bits per heavy atom. The molecule has 0 radical (unpaired) electrons. The zero-order chi connectivity index (χ0) is 36.3. The van der Waals surface area contributed by atoms with E-state index in [0.29, 0.717) is 0 Å². The summed E-state index contributed by atoms with van der Waals surface area (Å²) >= 11 is 0. The number of unbranched alkanes of at least 4 members (excludes halogenated alkanes) is 24. The van der Waals surface area contributed by atoms with Gasteiger partial charge in [0.25, 0.3) is 0 Å². The van der Waals surface area contributed by atoms with Crippen molar-refractivity contribution in [3.05, 3.63) is 0 Å². The van der Waals surface area contributed by atoms with E-state index in [9.17, 15) is 0 Å². The summed E-state index contributed by atoms with van der Waals surface area (Å²) in [5, 5.41) is 0. The topological polar surface area (TPSA) is 0 Å². The smallest absolute Gasteiger partial charge is 0.0594 e. The van der Waals surface area contributed by atoms with Crippen molar-refractivity contribution >= 4 is 7.26 Å². The first-order valence-electron chi connectivity index (χ1n) is 23.5. The van der Waals surface area contributed by atoms with Crippen LogP contribution in [0.1, 0.15) is 261 Å². The van der Waals surface area contributed by atoms with Crippen LogP contribution in [0.3, 0.4) is 0 Å². The minimum absolute atomic E-state index is 0.805. The molecule has 0 aliphatic heterocycles. The van der Waals surface area contributed by atoms with Gasteiger partial charge in [-0.05, 0) is 75.0 Å². The number of hydrogen-bond acceptors (Lipinski definition) is 0. The summed E-state index contributed by atoms with van der Waals surface area (Å²) in [5.74, 6) is 3.54. The Morgan fingerprint density at radius 2 is 0.347 bits per heavy atom. The van der Waals surface area contributed by atoms with E-state index in [1.807, 2.05) is 0 Å². The monoisotopic (exact) mass is 708 g/mol. The van der Waals surface area contributed by atoms with Crippen LogP contribution in [0.5, 0.6) is 0 Å². The van der Waals surface area contributed by atoms with Crippen molar-refractivity contribution in [2.24, 2.45) is 23.7 Å². The van der Waals surface area contributed by atoms with Gasteiger partial charge in [-0.1, -0.05) is 209 Å². The zero-order valence-corrected chi connectivity index (χ0v) is 37.1. The molecule has 0 aromatic carbocycles. The third-order valence-corrected chi connectivity index (χ3v) is 16.7. The molecule has 0 saturated carbocycles. The Hall–Kier alpha value is 0.430. The van der Waals surface area contributed by atoms with E-state index in [2.05, 4.69) is 55.4 Å². The van der Waals surface area contributed by atoms with Crippen LogP contribution in [0.4, 0.5) is 0 Å². The molecule has 0 spiro atoms. The summed E-state index contributed by atoms with van der Waals surface area (Å²) in [7, 11) is -0.805. The Balaban J connectivity index is 4.93. The second-order valence-corrected chi connectivity index (χ2v) is 23.3. The molecule has 0 aromatic rings. The van der Waals surface area contributed by atoms with E-state index in [4.69, 9.17) is 0 Å². The lowest BCUT2D eigenvalue weighted by molar-refractivity contribution is 0.509. The van der Waals surface area contributed by atoms with Gasteiger partial charge in [-0.25, -0.2) is 0 Å². The third-order valence-electron chi connectivity index (χ3n) is 11.7. The SMILES string of the molecule is CC(C)CCCCCCCCC[P+](CCCCCCCCCC(C)C)(CCCCCCCCCC(C)C)CCCCCCCCCC(C)C. The normalized spacial score (nSPS) is 12.5. The summed E-state index contributed by atoms with van der Waals surface area (Å²) in [6.45, 7) is 19.1. The molecule has 0 atom stereocenters. The Labute approximate surface area is 315 Å². The van der Waals surface area contributed by atoms with Crippen LogP contribution in [0.2, 0.25) is 0 Å². The predicted molar refractivity (Wildman–Crippen MR) is 233 cm³/mol. The number of hydrogen-bond donors (Lipinski definition) is 0. The molecule has 0 amide bonds. The van der Waals surface area contributed by atoms with Gasteiger partial charge in [-0.2, -0.15) is 0 Å². The molecule has 0 saturated heterocycles. The molecule has 0 rings (SSSR count). The van der Waals surface area contributed by atoms with Crippen molar-refractivity contribution in [2.75, 3.05) is 24.6 Å². The number of rotatable bonds is 40. The molecule has 0 bridgehead atoms. The lowest BCUT2D eigenvalue weighted by Gasteiger charge is -2.28. The molecule has 49 heavy (non-hydrogen) atoms. The van der Waals surface area contributed by atoms with Crippen LogP contribution in [0.15, 0.2) is 0 Å². The fourth-order valence-corrected chi connectivity index (χ4v) is 13.1. The van der Waals surface area contributed by atoms with E-state index in [1.165, 1.54) is 180 Å². The molecule has 0 N–H and O–H groups in total. The average Bonchev–Trinajstić information content (AvgIpc) is 3.04. The average molecular weight is 708 g/mol. The minimum atomic E-state index is -0.805. The first-order valence-corrected chi connectivity index (χ1v) is 26.0. The van der Waals surface area contributed by atoms with Crippen LogP contribution < -0.4 is 0 Å². The molecular formula is C48H100P+. The van der Waals surface area contributed by atoms with Gasteiger partial charge in [-0.3, -0.25) is 0 Å². The summed E-state index contributed by atoms with van der Waals surface area (Å²) in [4.78, 5) is 0. The Kier molecular flexibility index (Phi) is 37.1. The molecule has 0 aliphatic carbocycles. The van der Waals surface area contributed by atoms with E-state index < -0.39 is 7.26 Å². The maximum Gasteiger partial charge on any atom is 0.0594 e. The van der Waals surface area contributed by atoms with Crippen LogP contribution >= 0.6 is 7.26 Å². The van der Waals surface area contributed by atoms with E-state index in [-0.39, 0.29) is 0 Å². The molecule has 0 nitrogen and oxygen atoms in total. The van der Waals surface area contributed by atoms with Gasteiger partial charge in [0.1, 0.15) is 0 Å². The molecule has 0 aromatic heterocycles. The maximum absolute atomic E-state index is 2.38. The first-order chi connectivity index (χ1) is 23.7. The summed E-state index contributed by atoms with van der Waals surface area (Å²) in [5.41, 5.74) is 0. The quantitative estimate of drug-likeness (QED) is 0.0439. The van der Waals surface area contributed by atoms with Gasteiger partial charge in [0.15, 0.2) is 0 Å². The highest BCUT2D eigenvalue weighted by Gasteiger charge is 2.35. The predicted octanol–water partition coefficient (Wildman–Crippen LogP) is 18.1. The van der Waals surface area contributed by atoms with Gasteiger partial charge in [0, 0.05) is 7.26 Å². The molecule has 0 heterocycles. The Morgan fingerprint density at radius 1 is 0.204 bits per heavy atom. The van der Waals surface area contributed by atoms with E-state index in [0.717, 1.165) is 23.7 Å². The third kappa shape index (κ3) is 38.0. The van der Waals surface area contributed by atoms with Crippen molar-refractivity contribution < 1.29 is 0 Å². The van der Waals surface area contributed by atoms with Crippen molar-refractivity contribution in [3.8, 4) is 0 Å². The van der Waals surface area contributed by atoms with Crippen LogP contribution in [0, 0.1) is 23.7 Å². The first kappa shape index (κ1) is 49.4. The van der Waals surface area contributed by atoms with E-state index >= 15 is 0 Å². The van der Waals surface area contributed by atoms with Crippen molar-refractivity contribution in [2.45, 2.75) is 261 Å². The van der Waals surface area contributed by atoms with Gasteiger partial charge in [0.2, 0.25) is 0 Å². The zero-order valence-electron chi connectivity index (χ0n) is 36.2. The van der Waals surface area contributed by atoms with Crippen molar-refractivity contribution in [1.29, 1.82) is 0 Å². The highest BCUT2D eigenvalue weighted by molar-refractivity contribution is 7.75. The van der Waals surface area contributed by atoms with Crippen LogP contribution in [0.25, 0.3) is 0 Å². The maximum atomic E-state index is 2.38. The van der Waals surface area contributed by atoms with Crippen LogP contribution in [-0.2, 0) is 0 Å². The summed E-state index contributed by atoms with van der Waals surface area (Å²) in [6, 6.07) is 0. The largest absolute Gasteiger partial charge is 0.0628 e. The Bertz CT molecular complexity index is 509. The van der Waals surface area contributed by atoms with Gasteiger partial charge in [-0.15, -0.1) is 0 Å². The fourth-order valence-electron chi connectivity index (χ4n) is 8.21. The summed E-state index contributed by atoms with van der Waals surface area (Å²) < 4.78 is 0. The highest BCUT2D eigenvalue weighted by atomic mass is 31.2. The second kappa shape index (κ2) is 36.8. The molecule has 1 heteroatoms. The standard InChI is InChI=1S/C48H100P/c1-45(2)37-29-21-13-9-17-25-33-41-49(42-34-26-18-10-14-22-30-38-46(3)4,43-35-27-19-11-15-23-31-39-47(5)6)44-36-28-20-12-16-24-32-40-48(7)8/h45-48H,9-44H2,1-8H3/q+1. The van der Waals surface area contributed by atoms with Crippen LogP contribution in [-0.4, -0.2) is 24.6 Å². The lowest BCUT2D eigenvalue weighted by atomic mass is 10.0. The molecular weight excluding hydrogens is 608 g/mol. The minimum Gasteiger partial charge on any atom is -0.0628 e. The second-order valence-electron chi connectivity index (χ2n) is 18.9. The molecule has 296 valence electrons. The fraction of sp³-hybridized carbons (Fsp3) is 1.00. The lowest BCUT2D eigenvalue weighted by Crippen LogP contribution is -2.13. The van der Waals surface area contributed by atoms with Gasteiger partial charge in [0.05, 0.1) is 24.6 Å².